The summed E-state index contributed by atoms with van der Waals surface area (Å²) in [4.78, 5) is 0. The molecule has 0 spiro atoms. The van der Waals surface area contributed by atoms with Crippen molar-refractivity contribution in [3.63, 3.8) is 0 Å². The van der Waals surface area contributed by atoms with Gasteiger partial charge in [0.05, 0.1) is 68.1 Å². The fraction of sp³-hybridized carbons (Fsp3) is 1.00. The molecular formula is C58H128O10. The molecule has 6 heterocycles. The molecule has 9 aliphatic rings. The highest BCUT2D eigenvalue weighted by Gasteiger charge is 2.64. The second-order valence-electron chi connectivity index (χ2n) is 20.3. The van der Waals surface area contributed by atoms with E-state index in [1.807, 2.05) is 55.6 Å². The lowest BCUT2D eigenvalue weighted by Gasteiger charge is -2.64. The van der Waals surface area contributed by atoms with Crippen molar-refractivity contribution in [1.29, 1.82) is 0 Å². The van der Waals surface area contributed by atoms with Crippen molar-refractivity contribution in [3.8, 4) is 0 Å². The van der Waals surface area contributed by atoms with Crippen LogP contribution in [-0.4, -0.2) is 118 Å². The summed E-state index contributed by atoms with van der Waals surface area (Å²) in [6.07, 6.45) is 11.7. The molecule has 15 atom stereocenters. The Labute approximate surface area is 426 Å². The van der Waals surface area contributed by atoms with Crippen LogP contribution < -0.4 is 0 Å². The third kappa shape index (κ3) is 18.5. The molecule has 3 saturated carbocycles. The number of fused-ring (bicyclic) bond motifs is 9. The highest BCUT2D eigenvalue weighted by Crippen LogP contribution is 2.62. The number of ether oxygens (including phenoxy) is 7. The first-order valence-corrected chi connectivity index (χ1v) is 26.6. The normalized spacial score (nSPS) is 38.2. The summed E-state index contributed by atoms with van der Waals surface area (Å²) in [5, 5.41) is 15.4. The Morgan fingerprint density at radius 1 is 0.500 bits per heavy atom. The molecule has 3 aliphatic carbocycles. The molecule has 10 nitrogen and oxygen atoms in total. The lowest BCUT2D eigenvalue weighted by atomic mass is 9.53. The topological polar surface area (TPSA) is 137 Å². The summed E-state index contributed by atoms with van der Waals surface area (Å²) in [5.74, 6) is 3.05. The zero-order chi connectivity index (χ0) is 50.2. The van der Waals surface area contributed by atoms with Gasteiger partial charge < -0.3 is 48.8 Å². The number of hydrogen-bond acceptors (Lipinski definition) is 9. The Morgan fingerprint density at radius 2 is 0.853 bits per heavy atom. The van der Waals surface area contributed by atoms with E-state index < -0.39 is 0 Å². The van der Waals surface area contributed by atoms with Gasteiger partial charge in [-0.25, -0.2) is 0 Å². The standard InChI is InChI=1S/C39H68O6.C3H8O.C3H8.2C2H6O.3C2H6.3CH4.H2O/c1-12-32-35(9)15-28(6)38(44-32,17-26(35)4)24-41-20-30-19-39(22-40-11)31(18-36(30,10)33(13-2)45-39)21-42-23-37-16-25(3)34(8,14-27(37)5)29(7)43-37;1-2-3-4;2*1-3-2;1-2-3;3*1-2;;;;/h25-33H,12-24H2,1-11H3;4H,2-3H2,1H3;3H2,1-2H3;1-2H3;3H,2H2,1H3;3*1-2H3;3*1H4;1H2/t25-,26-,27+,28+,29?,30+,31-,32?,33?,34-,35+,36+,37+,38-,39-;;;;;;;;;;;/m1.........../s1. The van der Waals surface area contributed by atoms with E-state index in [1.54, 1.807) is 21.1 Å². The molecule has 6 saturated heterocycles. The molecule has 0 amide bonds. The van der Waals surface area contributed by atoms with E-state index in [2.05, 4.69) is 87.8 Å². The van der Waals surface area contributed by atoms with E-state index in [9.17, 15) is 0 Å². The molecule has 4 N–H and O–H groups in total. The quantitative estimate of drug-likeness (QED) is 0.185. The average molecular weight is 986 g/mol. The van der Waals surface area contributed by atoms with Crippen molar-refractivity contribution in [2.45, 2.75) is 260 Å². The van der Waals surface area contributed by atoms with Crippen molar-refractivity contribution in [1.82, 2.24) is 0 Å². The van der Waals surface area contributed by atoms with E-state index in [0.29, 0.717) is 74.6 Å². The summed E-state index contributed by atoms with van der Waals surface area (Å²) < 4.78 is 44.6. The smallest absolute Gasteiger partial charge is 0.0972 e. The van der Waals surface area contributed by atoms with Gasteiger partial charge in [-0.15, -0.1) is 0 Å². The maximum absolute atomic E-state index is 7.88. The predicted molar refractivity (Wildman–Crippen MR) is 295 cm³/mol. The molecule has 6 aliphatic heterocycles. The van der Waals surface area contributed by atoms with E-state index in [4.69, 9.17) is 38.6 Å². The fourth-order valence-corrected chi connectivity index (χ4v) is 12.1. The van der Waals surface area contributed by atoms with Crippen LogP contribution in [0.3, 0.4) is 0 Å². The molecular weight excluding hydrogens is 857 g/mol. The summed E-state index contributed by atoms with van der Waals surface area (Å²) >= 11 is 0. The minimum Gasteiger partial charge on any atom is -0.412 e. The van der Waals surface area contributed by atoms with E-state index in [-0.39, 0.29) is 79.6 Å². The van der Waals surface area contributed by atoms with Gasteiger partial charge in [-0.1, -0.05) is 153 Å². The molecule has 6 bridgehead atoms. The van der Waals surface area contributed by atoms with Gasteiger partial charge in [-0.2, -0.15) is 0 Å². The van der Waals surface area contributed by atoms with E-state index >= 15 is 0 Å². The Bertz CT molecular complexity index is 1140. The van der Waals surface area contributed by atoms with Crippen molar-refractivity contribution in [2.24, 2.45) is 51.8 Å². The minimum atomic E-state index is -0.342. The number of aliphatic hydroxyl groups excluding tert-OH is 2. The van der Waals surface area contributed by atoms with Gasteiger partial charge in [0.2, 0.25) is 0 Å². The van der Waals surface area contributed by atoms with Crippen LogP contribution >= 0.6 is 0 Å². The third-order valence-electron chi connectivity index (χ3n) is 16.0. The second kappa shape index (κ2) is 38.2. The number of hydrogen-bond donors (Lipinski definition) is 2. The van der Waals surface area contributed by atoms with Crippen molar-refractivity contribution in [3.05, 3.63) is 0 Å². The Balaban J connectivity index is -0.000000366. The molecule has 3 unspecified atom stereocenters. The van der Waals surface area contributed by atoms with Crippen LogP contribution in [0.4, 0.5) is 0 Å². The van der Waals surface area contributed by atoms with Gasteiger partial charge in [0.15, 0.2) is 0 Å². The third-order valence-corrected chi connectivity index (χ3v) is 16.0. The number of methoxy groups -OCH3 is 2. The summed E-state index contributed by atoms with van der Waals surface area (Å²) in [6, 6.07) is 0. The van der Waals surface area contributed by atoms with Gasteiger partial charge in [0, 0.05) is 40.5 Å². The molecule has 0 aromatic heterocycles. The zero-order valence-electron chi connectivity index (χ0n) is 47.5. The van der Waals surface area contributed by atoms with E-state index in [1.165, 1.54) is 19.3 Å². The lowest BCUT2D eigenvalue weighted by molar-refractivity contribution is -0.316. The van der Waals surface area contributed by atoms with Crippen LogP contribution in [0.15, 0.2) is 0 Å². The van der Waals surface area contributed by atoms with Gasteiger partial charge in [-0.05, 0) is 117 Å². The molecule has 0 radical (unpaired) electrons. The first-order valence-electron chi connectivity index (χ1n) is 26.6. The van der Waals surface area contributed by atoms with Crippen LogP contribution in [0.5, 0.6) is 0 Å². The van der Waals surface area contributed by atoms with Crippen molar-refractivity contribution in [2.75, 3.05) is 67.6 Å². The zero-order valence-corrected chi connectivity index (χ0v) is 47.5. The number of rotatable bonds is 13. The minimum absolute atomic E-state index is 0. The lowest BCUT2D eigenvalue weighted by Crippen LogP contribution is -2.68. The largest absolute Gasteiger partial charge is 0.412 e. The molecule has 0 aromatic carbocycles. The first-order chi connectivity index (χ1) is 30.3. The maximum atomic E-state index is 7.88. The molecule has 10 heteroatoms. The van der Waals surface area contributed by atoms with Gasteiger partial charge in [0.1, 0.15) is 0 Å². The Hall–Kier alpha value is -0.400. The maximum Gasteiger partial charge on any atom is 0.0972 e. The van der Waals surface area contributed by atoms with Crippen LogP contribution in [0.1, 0.15) is 225 Å². The number of aliphatic hydroxyl groups is 2. The van der Waals surface area contributed by atoms with Gasteiger partial charge in [0.25, 0.3) is 0 Å². The van der Waals surface area contributed by atoms with Gasteiger partial charge >= 0.3 is 0 Å². The van der Waals surface area contributed by atoms with Crippen molar-refractivity contribution >= 4 is 0 Å². The summed E-state index contributed by atoms with van der Waals surface area (Å²) in [5.41, 5.74) is -0.0659. The Morgan fingerprint density at radius 3 is 1.24 bits per heavy atom. The SMILES string of the molecule is C.C.C.CC.CC.CC.CCC.CCC1O[C@@]2(COC)C[C@@H](COC[C@]34C[C@@H](C)[C@](C)(C[C@@H]3C)C(CC)O4)[C@]1(C)C[C@@H]2COC[C@@]12C[C@@H](C)[C@@](C)(C[C@@H]1C)C(C)O2.CCCO.CCO.COC.O. The first kappa shape index (κ1) is 79.0. The molecule has 0 aromatic rings. The summed E-state index contributed by atoms with van der Waals surface area (Å²) in [7, 11) is 5.08. The van der Waals surface area contributed by atoms with Crippen LogP contribution in [0.2, 0.25) is 0 Å². The molecule has 420 valence electrons. The molecule has 9 fully saturated rings. The van der Waals surface area contributed by atoms with Crippen LogP contribution in [0.25, 0.3) is 0 Å². The van der Waals surface area contributed by atoms with E-state index in [0.717, 1.165) is 51.6 Å². The second-order valence-corrected chi connectivity index (χ2v) is 20.3. The monoisotopic (exact) mass is 985 g/mol. The van der Waals surface area contributed by atoms with Crippen LogP contribution in [0, 0.1) is 51.8 Å². The molecule has 9 rings (SSSR count). The fourth-order valence-electron chi connectivity index (χ4n) is 12.1. The summed E-state index contributed by atoms with van der Waals surface area (Å²) in [6.45, 7) is 47.7. The molecule has 68 heavy (non-hydrogen) atoms. The highest BCUT2D eigenvalue weighted by molar-refractivity contribution is 5.12. The average Bonchev–Trinajstić information content (AvgIpc) is 3.27. The Kier molecular flexibility index (Phi) is 44.4. The predicted octanol–water partition coefficient (Wildman–Crippen LogP) is 14.3. The van der Waals surface area contributed by atoms with Crippen molar-refractivity contribution < 1.29 is 48.8 Å². The van der Waals surface area contributed by atoms with Gasteiger partial charge in [-0.3, -0.25) is 0 Å². The highest BCUT2D eigenvalue weighted by atomic mass is 16.6. The van der Waals surface area contributed by atoms with Crippen LogP contribution in [-0.2, 0) is 33.2 Å².